The third kappa shape index (κ3) is 4.28. The molecular weight excluding hydrogens is 370 g/mol. The number of piperidine rings is 1. The van der Waals surface area contributed by atoms with Gasteiger partial charge in [-0.05, 0) is 42.9 Å². The van der Waals surface area contributed by atoms with Crippen molar-refractivity contribution in [3.05, 3.63) is 41.3 Å². The second-order valence-electron chi connectivity index (χ2n) is 8.09. The fraction of sp³-hybridized carbons (Fsp3) is 0.571. The molecule has 2 aromatic heterocycles. The van der Waals surface area contributed by atoms with Crippen molar-refractivity contribution in [1.82, 2.24) is 20.1 Å². The fourth-order valence-corrected chi connectivity index (χ4v) is 4.91. The van der Waals surface area contributed by atoms with E-state index in [9.17, 15) is 0 Å². The lowest BCUT2D eigenvalue weighted by atomic mass is 9.77. The number of ether oxygens (including phenoxy) is 1. The summed E-state index contributed by atoms with van der Waals surface area (Å²) in [5.74, 6) is 1.11. The van der Waals surface area contributed by atoms with Gasteiger partial charge in [0.25, 0.3) is 6.47 Å². The molecule has 0 amide bonds. The maximum atomic E-state index is 8.36. The Bertz CT molecular complexity index is 803. The third-order valence-electron chi connectivity index (χ3n) is 6.34. The number of carbonyl (C=O) groups is 1. The molecule has 0 aromatic carbocycles. The highest BCUT2D eigenvalue weighted by atomic mass is 16.5. The number of hydrogen-bond acceptors (Lipinski definition) is 6. The molecule has 1 spiro atoms. The molecule has 8 heteroatoms. The van der Waals surface area contributed by atoms with Crippen LogP contribution in [0.25, 0.3) is 0 Å². The van der Waals surface area contributed by atoms with Gasteiger partial charge in [0.2, 0.25) is 0 Å². The lowest BCUT2D eigenvalue weighted by Gasteiger charge is -2.41. The van der Waals surface area contributed by atoms with Gasteiger partial charge in [-0.15, -0.1) is 0 Å². The van der Waals surface area contributed by atoms with E-state index in [0.29, 0.717) is 0 Å². The van der Waals surface area contributed by atoms with Gasteiger partial charge in [0.05, 0.1) is 19.4 Å². The summed E-state index contributed by atoms with van der Waals surface area (Å²) in [7, 11) is 0. The summed E-state index contributed by atoms with van der Waals surface area (Å²) in [4.78, 5) is 18.1. The van der Waals surface area contributed by atoms with Crippen molar-refractivity contribution in [2.75, 3.05) is 44.3 Å². The minimum Gasteiger partial charge on any atom is -0.483 e. The number of anilines is 1. The van der Waals surface area contributed by atoms with Crippen LogP contribution in [-0.4, -0.2) is 71.1 Å². The molecule has 2 saturated heterocycles. The molecule has 1 atom stereocenters. The van der Waals surface area contributed by atoms with Crippen molar-refractivity contribution in [3.8, 4) is 0 Å². The van der Waals surface area contributed by atoms with E-state index in [1.165, 1.54) is 36.1 Å². The number of carboxylic acid groups (broad SMARTS) is 1. The van der Waals surface area contributed by atoms with Gasteiger partial charge in [-0.25, -0.2) is 4.98 Å². The van der Waals surface area contributed by atoms with Crippen LogP contribution in [0, 0.1) is 0 Å². The van der Waals surface area contributed by atoms with E-state index >= 15 is 0 Å². The largest absolute Gasteiger partial charge is 0.483 e. The summed E-state index contributed by atoms with van der Waals surface area (Å²) in [6, 6.07) is 4.45. The second-order valence-corrected chi connectivity index (χ2v) is 8.09. The number of aromatic amines is 1. The number of aromatic nitrogens is 3. The predicted octanol–water partition coefficient (Wildman–Crippen LogP) is 1.82. The lowest BCUT2D eigenvalue weighted by molar-refractivity contribution is -0.122. The normalized spacial score (nSPS) is 24.1. The van der Waals surface area contributed by atoms with Crippen molar-refractivity contribution in [2.45, 2.75) is 37.6 Å². The van der Waals surface area contributed by atoms with E-state index in [1.807, 2.05) is 6.20 Å². The van der Waals surface area contributed by atoms with E-state index in [-0.39, 0.29) is 11.9 Å². The number of morpholine rings is 1. The first kappa shape index (κ1) is 19.8. The second kappa shape index (κ2) is 8.92. The Morgan fingerprint density at radius 1 is 1.21 bits per heavy atom. The van der Waals surface area contributed by atoms with E-state index in [1.54, 1.807) is 0 Å². The molecule has 5 rings (SSSR count). The summed E-state index contributed by atoms with van der Waals surface area (Å²) in [5.41, 5.74) is 4.34. The molecule has 8 nitrogen and oxygen atoms in total. The Morgan fingerprint density at radius 2 is 2.03 bits per heavy atom. The summed E-state index contributed by atoms with van der Waals surface area (Å²) < 4.78 is 5.43. The highest BCUT2D eigenvalue weighted by Gasteiger charge is 2.43. The first-order valence-corrected chi connectivity index (χ1v) is 10.3. The topological polar surface area (TPSA) is 94.6 Å². The number of pyridine rings is 1. The summed E-state index contributed by atoms with van der Waals surface area (Å²) in [6.45, 7) is 6.59. The molecule has 2 fully saturated rings. The van der Waals surface area contributed by atoms with Gasteiger partial charge in [0.15, 0.2) is 0 Å². The molecule has 2 aliphatic heterocycles. The van der Waals surface area contributed by atoms with Crippen LogP contribution >= 0.6 is 0 Å². The maximum absolute atomic E-state index is 8.36. The van der Waals surface area contributed by atoms with Crippen molar-refractivity contribution < 1.29 is 14.6 Å². The van der Waals surface area contributed by atoms with Crippen molar-refractivity contribution in [1.29, 1.82) is 0 Å². The number of rotatable bonds is 3. The van der Waals surface area contributed by atoms with Crippen LogP contribution in [0.3, 0.4) is 0 Å². The Kier molecular flexibility index (Phi) is 6.10. The number of nitrogens with one attached hydrogen (secondary N) is 1. The van der Waals surface area contributed by atoms with Gasteiger partial charge in [-0.3, -0.25) is 14.8 Å². The van der Waals surface area contributed by atoms with Crippen molar-refractivity contribution in [3.63, 3.8) is 0 Å². The molecule has 0 radical (unpaired) electrons. The zero-order valence-corrected chi connectivity index (χ0v) is 16.7. The Hall–Kier alpha value is -2.45. The minimum atomic E-state index is -0.250. The zero-order valence-electron chi connectivity index (χ0n) is 16.7. The van der Waals surface area contributed by atoms with Crippen LogP contribution in [-0.2, 0) is 27.9 Å². The fourth-order valence-electron chi connectivity index (χ4n) is 4.91. The van der Waals surface area contributed by atoms with E-state index in [4.69, 9.17) is 19.6 Å². The molecule has 2 aromatic rings. The van der Waals surface area contributed by atoms with Gasteiger partial charge in [0, 0.05) is 50.0 Å². The summed E-state index contributed by atoms with van der Waals surface area (Å²) in [6.07, 6.45) is 8.95. The number of hydrogen-bond donors (Lipinski definition) is 2. The Balaban J connectivity index is 0.000000645. The number of nitrogens with zero attached hydrogens (tertiary/aromatic N) is 4. The van der Waals surface area contributed by atoms with Crippen LogP contribution < -0.4 is 4.90 Å². The number of H-pyrrole nitrogens is 1. The number of aryl methyl sites for hydroxylation is 1. The molecule has 2 N–H and O–H groups in total. The lowest BCUT2D eigenvalue weighted by Crippen LogP contribution is -2.45. The minimum absolute atomic E-state index is 0.248. The molecule has 29 heavy (non-hydrogen) atoms. The predicted molar refractivity (Wildman–Crippen MR) is 109 cm³/mol. The van der Waals surface area contributed by atoms with E-state index < -0.39 is 0 Å². The molecule has 4 heterocycles. The highest BCUT2D eigenvalue weighted by molar-refractivity contribution is 5.44. The van der Waals surface area contributed by atoms with Crippen molar-refractivity contribution in [2.24, 2.45) is 0 Å². The smallest absolute Gasteiger partial charge is 0.290 e. The molecular formula is C21H29N5O3. The maximum Gasteiger partial charge on any atom is 0.290 e. The molecule has 1 unspecified atom stereocenters. The van der Waals surface area contributed by atoms with Gasteiger partial charge >= 0.3 is 0 Å². The molecule has 0 saturated carbocycles. The van der Waals surface area contributed by atoms with Crippen molar-refractivity contribution >= 4 is 12.3 Å². The monoisotopic (exact) mass is 399 g/mol. The SMILES string of the molecule is O=CO.c1cc(N2CCCC3(CCc4cn[nH]c43)C2)ncc1CN1CCOCC1. The van der Waals surface area contributed by atoms with Crippen LogP contribution in [0.4, 0.5) is 5.82 Å². The Morgan fingerprint density at radius 3 is 2.79 bits per heavy atom. The van der Waals surface area contributed by atoms with E-state index in [2.05, 4.69) is 38.3 Å². The standard InChI is InChI=1S/C20H27N5O.CH2O2/c1-5-20(6-4-17-13-22-23-19(17)20)15-25(7-1)18-3-2-16(12-21-18)14-24-8-10-26-11-9-24;2-1-3/h2-3,12-13H,1,4-11,14-15H2,(H,22,23);1H,(H,2,3). The molecule has 156 valence electrons. The Labute approximate surface area is 170 Å². The van der Waals surface area contributed by atoms with Gasteiger partial charge in [-0.1, -0.05) is 6.07 Å². The number of fused-ring (bicyclic) bond motifs is 2. The third-order valence-corrected chi connectivity index (χ3v) is 6.34. The zero-order chi connectivity index (χ0) is 20.1. The first-order chi connectivity index (χ1) is 14.2. The molecule has 1 aliphatic carbocycles. The van der Waals surface area contributed by atoms with E-state index in [0.717, 1.165) is 58.2 Å². The van der Waals surface area contributed by atoms with Gasteiger partial charge < -0.3 is 14.7 Å². The van der Waals surface area contributed by atoms with Crippen LogP contribution in [0.15, 0.2) is 24.5 Å². The summed E-state index contributed by atoms with van der Waals surface area (Å²) in [5, 5.41) is 14.5. The quantitative estimate of drug-likeness (QED) is 0.760. The first-order valence-electron chi connectivity index (χ1n) is 10.3. The van der Waals surface area contributed by atoms with Gasteiger partial charge in [-0.2, -0.15) is 5.10 Å². The summed E-state index contributed by atoms with van der Waals surface area (Å²) >= 11 is 0. The van der Waals surface area contributed by atoms with Gasteiger partial charge in [0.1, 0.15) is 5.82 Å². The molecule has 0 bridgehead atoms. The molecule has 3 aliphatic rings. The van der Waals surface area contributed by atoms with Crippen LogP contribution in [0.1, 0.15) is 36.1 Å². The average molecular weight is 399 g/mol. The van der Waals surface area contributed by atoms with Crippen LogP contribution in [0.5, 0.6) is 0 Å². The van der Waals surface area contributed by atoms with Crippen LogP contribution in [0.2, 0.25) is 0 Å². The average Bonchev–Trinajstić information content (AvgIpc) is 3.35. The highest BCUT2D eigenvalue weighted by Crippen LogP contribution is 2.44.